The highest BCUT2D eigenvalue weighted by atomic mass is 79.9. The van der Waals surface area contributed by atoms with E-state index in [1.807, 2.05) is 24.3 Å². The maximum Gasteiger partial charge on any atom is 0.134 e. The van der Waals surface area contributed by atoms with Crippen LogP contribution in [-0.4, -0.2) is 0 Å². The molecule has 3 aromatic rings. The van der Waals surface area contributed by atoms with Gasteiger partial charge in [-0.25, -0.2) is 4.39 Å². The van der Waals surface area contributed by atoms with Crippen LogP contribution >= 0.6 is 27.5 Å². The summed E-state index contributed by atoms with van der Waals surface area (Å²) in [6.07, 6.45) is 1.71. The topological polar surface area (TPSA) is 25.2 Å². The molecule has 5 heteroatoms. The van der Waals surface area contributed by atoms with Gasteiger partial charge in [0.25, 0.3) is 0 Å². The van der Waals surface area contributed by atoms with Crippen molar-refractivity contribution >= 4 is 44.2 Å². The average molecular weight is 355 g/mol. The van der Waals surface area contributed by atoms with Gasteiger partial charge in [-0.15, -0.1) is 0 Å². The van der Waals surface area contributed by atoms with Gasteiger partial charge in [0.1, 0.15) is 11.4 Å². The molecule has 1 heterocycles. The Balaban J connectivity index is 1.87. The molecule has 102 valence electrons. The lowest BCUT2D eigenvalue weighted by molar-refractivity contribution is 0.611. The molecule has 2 nitrogen and oxygen atoms in total. The van der Waals surface area contributed by atoms with E-state index < -0.39 is 0 Å². The summed E-state index contributed by atoms with van der Waals surface area (Å²) in [5, 5.41) is 4.59. The van der Waals surface area contributed by atoms with E-state index in [1.54, 1.807) is 6.26 Å². The summed E-state index contributed by atoms with van der Waals surface area (Å²) < 4.78 is 19.2. The fraction of sp³-hybridized carbons (Fsp3) is 0.0667. The smallest absolute Gasteiger partial charge is 0.134 e. The number of anilines is 1. The third-order valence-electron chi connectivity index (χ3n) is 3.02. The highest BCUT2D eigenvalue weighted by Gasteiger charge is 2.10. The maximum atomic E-state index is 13.2. The van der Waals surface area contributed by atoms with Crippen LogP contribution in [0.25, 0.3) is 11.0 Å². The van der Waals surface area contributed by atoms with Gasteiger partial charge in [0, 0.05) is 22.0 Å². The first-order valence-corrected chi connectivity index (χ1v) is 7.16. The number of halogens is 3. The van der Waals surface area contributed by atoms with Gasteiger partial charge in [0.05, 0.1) is 17.0 Å². The molecule has 0 aliphatic rings. The Morgan fingerprint density at radius 3 is 2.85 bits per heavy atom. The van der Waals surface area contributed by atoms with Crippen LogP contribution in [0.3, 0.4) is 0 Å². The highest BCUT2D eigenvalue weighted by Crippen LogP contribution is 2.32. The third kappa shape index (κ3) is 2.53. The number of nitrogens with one attached hydrogen (secondary N) is 1. The molecular formula is C15H10BrClFNO. The summed E-state index contributed by atoms with van der Waals surface area (Å²) in [6.45, 7) is 0.543. The molecule has 1 aromatic heterocycles. The van der Waals surface area contributed by atoms with E-state index in [1.165, 1.54) is 12.1 Å². The zero-order valence-electron chi connectivity index (χ0n) is 10.3. The van der Waals surface area contributed by atoms with Crippen LogP contribution in [0.5, 0.6) is 0 Å². The molecule has 0 atom stereocenters. The predicted octanol–water partition coefficient (Wildman–Crippen LogP) is 5.60. The van der Waals surface area contributed by atoms with E-state index in [-0.39, 0.29) is 5.82 Å². The van der Waals surface area contributed by atoms with E-state index in [0.717, 1.165) is 16.5 Å². The molecule has 0 saturated carbocycles. The second kappa shape index (κ2) is 5.46. The zero-order valence-corrected chi connectivity index (χ0v) is 12.6. The first-order valence-electron chi connectivity index (χ1n) is 5.98. The van der Waals surface area contributed by atoms with E-state index in [9.17, 15) is 4.39 Å². The van der Waals surface area contributed by atoms with Gasteiger partial charge in [-0.2, -0.15) is 0 Å². The Labute approximate surface area is 128 Å². The molecule has 0 spiro atoms. The fourth-order valence-electron chi connectivity index (χ4n) is 2.06. The van der Waals surface area contributed by atoms with Crippen molar-refractivity contribution < 1.29 is 8.81 Å². The van der Waals surface area contributed by atoms with Crippen LogP contribution in [0.1, 0.15) is 5.56 Å². The molecule has 0 fully saturated rings. The van der Waals surface area contributed by atoms with Crippen molar-refractivity contribution in [2.45, 2.75) is 6.54 Å². The van der Waals surface area contributed by atoms with E-state index in [0.29, 0.717) is 21.7 Å². The number of benzene rings is 2. The number of para-hydroxylation sites is 1. The molecule has 3 rings (SSSR count). The minimum atomic E-state index is -0.374. The molecule has 0 bridgehead atoms. The quantitative estimate of drug-likeness (QED) is 0.662. The Hall–Kier alpha value is -1.52. The first-order chi connectivity index (χ1) is 9.65. The van der Waals surface area contributed by atoms with Crippen molar-refractivity contribution in [1.82, 2.24) is 0 Å². The summed E-state index contributed by atoms with van der Waals surface area (Å²) in [5.74, 6) is -0.374. The number of rotatable bonds is 3. The summed E-state index contributed by atoms with van der Waals surface area (Å²) >= 11 is 9.34. The summed E-state index contributed by atoms with van der Waals surface area (Å²) in [5.41, 5.74) is 2.53. The fourth-order valence-corrected chi connectivity index (χ4v) is 3.02. The second-order valence-electron chi connectivity index (χ2n) is 4.36. The molecule has 0 aliphatic heterocycles. The number of hydrogen-bond acceptors (Lipinski definition) is 2. The molecule has 0 aliphatic carbocycles. The van der Waals surface area contributed by atoms with Gasteiger partial charge >= 0.3 is 0 Å². The van der Waals surface area contributed by atoms with Crippen LogP contribution in [0, 0.1) is 5.82 Å². The van der Waals surface area contributed by atoms with Crippen LogP contribution in [-0.2, 0) is 6.54 Å². The van der Waals surface area contributed by atoms with Crippen molar-refractivity contribution in [1.29, 1.82) is 0 Å². The summed E-state index contributed by atoms with van der Waals surface area (Å²) in [7, 11) is 0. The molecule has 0 unspecified atom stereocenters. The standard InChI is InChI=1S/C15H10BrClFNO/c16-12-5-10(18)6-13(17)15(12)19-7-9-8-20-14-4-2-1-3-11(9)14/h1-6,8,19H,7H2. The first kappa shape index (κ1) is 13.5. The largest absolute Gasteiger partial charge is 0.464 e. The van der Waals surface area contributed by atoms with E-state index >= 15 is 0 Å². The van der Waals surface area contributed by atoms with Crippen LogP contribution < -0.4 is 5.32 Å². The van der Waals surface area contributed by atoms with Gasteiger partial charge in [0.2, 0.25) is 0 Å². The van der Waals surface area contributed by atoms with Crippen LogP contribution in [0.2, 0.25) is 5.02 Å². The van der Waals surface area contributed by atoms with E-state index in [4.69, 9.17) is 16.0 Å². The summed E-state index contributed by atoms with van der Waals surface area (Å²) in [6, 6.07) is 10.5. The lowest BCUT2D eigenvalue weighted by Gasteiger charge is -2.10. The van der Waals surface area contributed by atoms with Crippen molar-refractivity contribution in [2.75, 3.05) is 5.32 Å². The maximum absolute atomic E-state index is 13.2. The van der Waals surface area contributed by atoms with Crippen molar-refractivity contribution in [2.24, 2.45) is 0 Å². The molecule has 2 aromatic carbocycles. The minimum Gasteiger partial charge on any atom is -0.464 e. The summed E-state index contributed by atoms with van der Waals surface area (Å²) in [4.78, 5) is 0. The van der Waals surface area contributed by atoms with Crippen LogP contribution in [0.15, 0.2) is 51.6 Å². The number of hydrogen-bond donors (Lipinski definition) is 1. The lowest BCUT2D eigenvalue weighted by atomic mass is 10.2. The minimum absolute atomic E-state index is 0.338. The Morgan fingerprint density at radius 1 is 1.25 bits per heavy atom. The molecule has 0 amide bonds. The third-order valence-corrected chi connectivity index (χ3v) is 3.95. The highest BCUT2D eigenvalue weighted by molar-refractivity contribution is 9.10. The number of fused-ring (bicyclic) bond motifs is 1. The predicted molar refractivity (Wildman–Crippen MR) is 82.7 cm³/mol. The molecule has 0 radical (unpaired) electrons. The SMILES string of the molecule is Fc1cc(Cl)c(NCc2coc3ccccc23)c(Br)c1. The van der Waals surface area contributed by atoms with Gasteiger partial charge in [-0.3, -0.25) is 0 Å². The van der Waals surface area contributed by atoms with Crippen LogP contribution in [0.4, 0.5) is 10.1 Å². The second-order valence-corrected chi connectivity index (χ2v) is 5.62. The van der Waals surface area contributed by atoms with Gasteiger partial charge < -0.3 is 9.73 Å². The zero-order chi connectivity index (χ0) is 14.1. The van der Waals surface area contributed by atoms with E-state index in [2.05, 4.69) is 21.2 Å². The van der Waals surface area contributed by atoms with Gasteiger partial charge in [0.15, 0.2) is 0 Å². The Bertz CT molecular complexity index is 748. The monoisotopic (exact) mass is 353 g/mol. The average Bonchev–Trinajstić information content (AvgIpc) is 2.81. The molecule has 20 heavy (non-hydrogen) atoms. The van der Waals surface area contributed by atoms with Crippen molar-refractivity contribution in [3.8, 4) is 0 Å². The van der Waals surface area contributed by atoms with Crippen molar-refractivity contribution in [3.05, 3.63) is 63.5 Å². The van der Waals surface area contributed by atoms with Crippen molar-refractivity contribution in [3.63, 3.8) is 0 Å². The molecule has 0 saturated heterocycles. The lowest BCUT2D eigenvalue weighted by Crippen LogP contribution is -2.00. The Kier molecular flexibility index (Phi) is 3.68. The Morgan fingerprint density at radius 2 is 2.05 bits per heavy atom. The molecule has 1 N–H and O–H groups in total. The van der Waals surface area contributed by atoms with Gasteiger partial charge in [-0.1, -0.05) is 29.8 Å². The van der Waals surface area contributed by atoms with Gasteiger partial charge in [-0.05, 0) is 34.1 Å². The molecular weight excluding hydrogens is 345 g/mol. The normalized spacial score (nSPS) is 10.9. The number of furan rings is 1.